The molecule has 1 atom stereocenters. The van der Waals surface area contributed by atoms with Gasteiger partial charge in [0.05, 0.1) is 23.3 Å². The van der Waals surface area contributed by atoms with Crippen LogP contribution >= 0.6 is 12.8 Å². The molecule has 0 radical (unpaired) electrons. The molecule has 188 valence electrons. The first-order valence-electron chi connectivity index (χ1n) is 10.2. The lowest BCUT2D eigenvalue weighted by atomic mass is 10.1. The number of carbonyl (C=O) groups is 2. The van der Waals surface area contributed by atoms with Crippen molar-refractivity contribution in [3.8, 4) is 5.75 Å². The number of ether oxygens (including phenoxy) is 1. The number of hydrogen-bond acceptors (Lipinski definition) is 6. The smallest absolute Gasteiger partial charge is 0.416 e. The molecule has 0 aromatic heterocycles. The van der Waals surface area contributed by atoms with Gasteiger partial charge in [-0.2, -0.15) is 13.2 Å². The number of nitrogens with zero attached hydrogens (tertiary/aromatic N) is 2. The molecular formula is C23H19F3N4O5S. The number of rotatable bonds is 7. The standard InChI is InChI=1S/C23H19F3N4O5S/c1-35-19-12-11-17(30(33)34)13-18(19)28-22(32)29(36)20(14-5-3-2-4-6-14)21(31)27-16-9-7-15(8-10-16)23(24,25)26/h2-13,20,36H,1H3,(H,27,31)(H,28,32). The van der Waals surface area contributed by atoms with E-state index >= 15 is 0 Å². The summed E-state index contributed by atoms with van der Waals surface area (Å²) < 4.78 is 44.4. The molecular weight excluding hydrogens is 501 g/mol. The maximum Gasteiger partial charge on any atom is 0.416 e. The van der Waals surface area contributed by atoms with E-state index in [-0.39, 0.29) is 22.8 Å². The number of methoxy groups -OCH3 is 1. The zero-order valence-electron chi connectivity index (χ0n) is 18.5. The number of hydrogen-bond donors (Lipinski definition) is 3. The lowest BCUT2D eigenvalue weighted by Gasteiger charge is -2.27. The highest BCUT2D eigenvalue weighted by molar-refractivity contribution is 7.78. The SMILES string of the molecule is COc1ccc([N+](=O)[O-])cc1NC(=O)N(S)C(C(=O)Nc1ccc(C(F)(F)F)cc1)c1ccccc1. The normalized spacial score (nSPS) is 11.8. The van der Waals surface area contributed by atoms with Gasteiger partial charge >= 0.3 is 12.2 Å². The Balaban J connectivity index is 1.87. The minimum Gasteiger partial charge on any atom is -0.495 e. The second-order valence-corrected chi connectivity index (χ2v) is 7.72. The lowest BCUT2D eigenvalue weighted by molar-refractivity contribution is -0.384. The van der Waals surface area contributed by atoms with Gasteiger partial charge in [-0.15, -0.1) is 0 Å². The molecule has 0 aliphatic rings. The fourth-order valence-electron chi connectivity index (χ4n) is 3.19. The maximum absolute atomic E-state index is 13.1. The number of nitrogens with one attached hydrogen (secondary N) is 2. The first-order chi connectivity index (χ1) is 17.0. The molecule has 0 spiro atoms. The third kappa shape index (κ3) is 6.24. The lowest BCUT2D eigenvalue weighted by Crippen LogP contribution is -2.38. The van der Waals surface area contributed by atoms with Crippen LogP contribution in [0.1, 0.15) is 17.2 Å². The predicted octanol–water partition coefficient (Wildman–Crippen LogP) is 5.68. The second kappa shape index (κ2) is 11.0. The Kier molecular flexibility index (Phi) is 8.04. The molecule has 0 heterocycles. The van der Waals surface area contributed by atoms with Crippen molar-refractivity contribution in [3.05, 3.63) is 94.0 Å². The second-order valence-electron chi connectivity index (χ2n) is 7.29. The number of amides is 3. The molecule has 3 aromatic carbocycles. The van der Waals surface area contributed by atoms with E-state index in [0.717, 1.165) is 34.6 Å². The number of anilines is 2. The Morgan fingerprint density at radius 1 is 1.03 bits per heavy atom. The van der Waals surface area contributed by atoms with Crippen LogP contribution in [0.3, 0.4) is 0 Å². The van der Waals surface area contributed by atoms with Crippen LogP contribution in [-0.4, -0.2) is 28.3 Å². The van der Waals surface area contributed by atoms with Crippen LogP contribution in [-0.2, 0) is 11.0 Å². The van der Waals surface area contributed by atoms with Crippen LogP contribution in [0, 0.1) is 10.1 Å². The Morgan fingerprint density at radius 3 is 2.22 bits per heavy atom. The molecule has 0 aliphatic heterocycles. The van der Waals surface area contributed by atoms with Crippen molar-refractivity contribution < 1.29 is 32.4 Å². The molecule has 0 saturated heterocycles. The third-order valence-corrected chi connectivity index (χ3v) is 5.34. The van der Waals surface area contributed by atoms with Crippen molar-refractivity contribution in [3.63, 3.8) is 0 Å². The van der Waals surface area contributed by atoms with E-state index in [2.05, 4.69) is 23.4 Å². The van der Waals surface area contributed by atoms with Gasteiger partial charge in [-0.25, -0.2) is 4.79 Å². The van der Waals surface area contributed by atoms with E-state index in [1.54, 1.807) is 30.3 Å². The van der Waals surface area contributed by atoms with Gasteiger partial charge in [-0.3, -0.25) is 19.2 Å². The van der Waals surface area contributed by atoms with Gasteiger partial charge in [-0.05, 0) is 35.9 Å². The summed E-state index contributed by atoms with van der Waals surface area (Å²) in [5.74, 6) is -0.640. The topological polar surface area (TPSA) is 114 Å². The molecule has 13 heteroatoms. The molecule has 3 rings (SSSR count). The van der Waals surface area contributed by atoms with Crippen LogP contribution in [0.2, 0.25) is 0 Å². The summed E-state index contributed by atoms with van der Waals surface area (Å²) in [5, 5.41) is 16.0. The summed E-state index contributed by atoms with van der Waals surface area (Å²) in [5.41, 5.74) is -0.821. The minimum absolute atomic E-state index is 0.0364. The van der Waals surface area contributed by atoms with Gasteiger partial charge < -0.3 is 15.4 Å². The molecule has 0 aliphatic carbocycles. The first kappa shape index (κ1) is 26.3. The van der Waals surface area contributed by atoms with Crippen molar-refractivity contribution in [1.82, 2.24) is 4.31 Å². The molecule has 36 heavy (non-hydrogen) atoms. The monoisotopic (exact) mass is 520 g/mol. The number of alkyl halides is 3. The zero-order valence-corrected chi connectivity index (χ0v) is 19.4. The number of carbonyl (C=O) groups excluding carboxylic acids is 2. The Labute approximate surface area is 208 Å². The highest BCUT2D eigenvalue weighted by Gasteiger charge is 2.32. The predicted molar refractivity (Wildman–Crippen MR) is 129 cm³/mol. The molecule has 1 unspecified atom stereocenters. The van der Waals surface area contributed by atoms with E-state index in [1.165, 1.54) is 19.2 Å². The van der Waals surface area contributed by atoms with E-state index < -0.39 is 34.6 Å². The quantitative estimate of drug-likeness (QED) is 0.211. The number of nitro groups is 1. The zero-order chi connectivity index (χ0) is 26.5. The Bertz CT molecular complexity index is 1260. The Morgan fingerprint density at radius 2 is 1.67 bits per heavy atom. The average Bonchev–Trinajstić information content (AvgIpc) is 2.84. The number of halogens is 3. The van der Waals surface area contributed by atoms with Crippen LogP contribution < -0.4 is 15.4 Å². The van der Waals surface area contributed by atoms with Crippen molar-refractivity contribution >= 4 is 41.8 Å². The molecule has 0 bridgehead atoms. The minimum atomic E-state index is -4.54. The van der Waals surface area contributed by atoms with Crippen LogP contribution in [0.25, 0.3) is 0 Å². The summed E-state index contributed by atoms with van der Waals surface area (Å²) in [7, 11) is 1.31. The van der Waals surface area contributed by atoms with Gasteiger partial charge in [0, 0.05) is 17.8 Å². The molecule has 3 amide bonds. The van der Waals surface area contributed by atoms with Crippen molar-refractivity contribution in [2.24, 2.45) is 0 Å². The highest BCUT2D eigenvalue weighted by atomic mass is 32.1. The number of nitro benzene ring substituents is 1. The van der Waals surface area contributed by atoms with Crippen LogP contribution in [0.4, 0.5) is 35.0 Å². The summed E-state index contributed by atoms with van der Waals surface area (Å²) in [6.45, 7) is 0. The highest BCUT2D eigenvalue weighted by Crippen LogP contribution is 2.32. The molecule has 2 N–H and O–H groups in total. The largest absolute Gasteiger partial charge is 0.495 e. The summed E-state index contributed by atoms with van der Waals surface area (Å²) >= 11 is 4.19. The summed E-state index contributed by atoms with van der Waals surface area (Å²) in [6, 6.07) is 13.1. The molecule has 3 aromatic rings. The van der Waals surface area contributed by atoms with E-state index in [1.807, 2.05) is 0 Å². The molecule has 0 saturated carbocycles. The number of non-ortho nitro benzene ring substituents is 1. The number of benzene rings is 3. The van der Waals surface area contributed by atoms with Gasteiger partial charge in [0.1, 0.15) is 11.8 Å². The fourth-order valence-corrected chi connectivity index (χ4v) is 3.48. The fraction of sp³-hybridized carbons (Fsp3) is 0.130. The first-order valence-corrected chi connectivity index (χ1v) is 10.6. The van der Waals surface area contributed by atoms with Crippen molar-refractivity contribution in [1.29, 1.82) is 0 Å². The van der Waals surface area contributed by atoms with Crippen LogP contribution in [0.15, 0.2) is 72.8 Å². The van der Waals surface area contributed by atoms with Crippen LogP contribution in [0.5, 0.6) is 5.75 Å². The Hall–Kier alpha value is -4.26. The molecule has 0 fully saturated rings. The van der Waals surface area contributed by atoms with E-state index in [4.69, 9.17) is 4.74 Å². The van der Waals surface area contributed by atoms with Crippen molar-refractivity contribution in [2.45, 2.75) is 12.2 Å². The number of urea groups is 1. The summed E-state index contributed by atoms with van der Waals surface area (Å²) in [6.07, 6.45) is -4.54. The van der Waals surface area contributed by atoms with E-state index in [9.17, 15) is 32.9 Å². The molecule has 9 nitrogen and oxygen atoms in total. The van der Waals surface area contributed by atoms with Gasteiger partial charge in [0.25, 0.3) is 11.6 Å². The third-order valence-electron chi connectivity index (χ3n) is 4.93. The number of thiol groups is 1. The van der Waals surface area contributed by atoms with Crippen molar-refractivity contribution in [2.75, 3.05) is 17.7 Å². The van der Waals surface area contributed by atoms with E-state index in [0.29, 0.717) is 5.56 Å². The summed E-state index contributed by atoms with van der Waals surface area (Å²) in [4.78, 5) is 36.6. The van der Waals surface area contributed by atoms with Gasteiger partial charge in [0.15, 0.2) is 0 Å². The van der Waals surface area contributed by atoms with Gasteiger partial charge in [-0.1, -0.05) is 43.1 Å². The maximum atomic E-state index is 13.1. The van der Waals surface area contributed by atoms with Gasteiger partial charge in [0.2, 0.25) is 0 Å². The average molecular weight is 520 g/mol.